The SMILES string of the molecule is NN[C@@H](CCCCNC(=O)COCC(=O)NCCCOCCOCCOCCCNC(=O)CC[C@H](NC(=O)CCCCCCCCCCCCCCCCC(=O)O)C(=O)O)C(=O)O. The molecule has 0 aromatic rings. The van der Waals surface area contributed by atoms with E-state index in [2.05, 4.69) is 26.7 Å². The zero-order valence-corrected chi connectivity index (χ0v) is 37.6. The van der Waals surface area contributed by atoms with E-state index in [1.54, 1.807) is 0 Å². The lowest BCUT2D eigenvalue weighted by Gasteiger charge is -2.14. The lowest BCUT2D eigenvalue weighted by Crippen LogP contribution is -2.41. The zero-order chi connectivity index (χ0) is 46.6. The molecule has 20 nitrogen and oxygen atoms in total. The summed E-state index contributed by atoms with van der Waals surface area (Å²) in [5, 5.41) is 37.7. The number of hydrogen-bond acceptors (Lipinski definition) is 13. The molecule has 0 heterocycles. The topological polar surface area (TPSA) is 303 Å². The second kappa shape index (κ2) is 43.3. The van der Waals surface area contributed by atoms with Gasteiger partial charge >= 0.3 is 17.9 Å². The first-order valence-electron chi connectivity index (χ1n) is 23.0. The number of carboxylic acids is 3. The third-order valence-electron chi connectivity index (χ3n) is 9.86. The number of ether oxygens (including phenoxy) is 4. The number of carbonyl (C=O) groups is 7. The Hall–Kier alpha value is -3.95. The van der Waals surface area contributed by atoms with Crippen molar-refractivity contribution in [2.45, 2.75) is 160 Å². The Balaban J connectivity index is 3.61. The molecule has 20 heteroatoms. The van der Waals surface area contributed by atoms with Crippen LogP contribution in [0.4, 0.5) is 0 Å². The Morgan fingerprint density at radius 2 is 0.810 bits per heavy atom. The minimum absolute atomic E-state index is 0.00529. The van der Waals surface area contributed by atoms with Crippen molar-refractivity contribution < 1.29 is 67.8 Å². The summed E-state index contributed by atoms with van der Waals surface area (Å²) in [4.78, 5) is 81.2. The number of unbranched alkanes of at least 4 members (excludes halogenated alkanes) is 14. The molecule has 63 heavy (non-hydrogen) atoms. The van der Waals surface area contributed by atoms with Crippen molar-refractivity contribution in [1.29, 1.82) is 0 Å². The normalized spacial score (nSPS) is 12.0. The predicted octanol–water partition coefficient (Wildman–Crippen LogP) is 2.94. The van der Waals surface area contributed by atoms with Crippen LogP contribution in [0.15, 0.2) is 0 Å². The highest BCUT2D eigenvalue weighted by atomic mass is 16.5. The molecule has 0 saturated heterocycles. The third kappa shape index (κ3) is 41.8. The molecule has 10 N–H and O–H groups in total. The highest BCUT2D eigenvalue weighted by Crippen LogP contribution is 2.14. The molecule has 0 aliphatic heterocycles. The lowest BCUT2D eigenvalue weighted by molar-refractivity contribution is -0.142. The fourth-order valence-corrected chi connectivity index (χ4v) is 6.23. The Kier molecular flexibility index (Phi) is 40.6. The standard InChI is InChI=1S/C43H80N6O14/c44-49-36(43(58)59)19-15-16-24-46-39(52)33-63-34-40(53)47-26-18-28-61-30-32-62-31-29-60-27-17-25-45-37(50)23-22-35(42(56)57)48-38(51)20-13-11-9-7-5-3-1-2-4-6-8-10-12-14-21-41(54)55/h35-36,49H,1-34,44H2,(H,45,50)(H,46,52)(H,47,53)(H,48,51)(H,54,55)(H,56,57)(H,58,59)/t35-,36-/m0/s1. The zero-order valence-electron chi connectivity index (χ0n) is 37.6. The van der Waals surface area contributed by atoms with E-state index in [-0.39, 0.29) is 62.5 Å². The quantitative estimate of drug-likeness (QED) is 0.0241. The smallest absolute Gasteiger partial charge is 0.326 e. The number of aliphatic carboxylic acids is 3. The van der Waals surface area contributed by atoms with Gasteiger partial charge < -0.3 is 55.5 Å². The Morgan fingerprint density at radius 1 is 0.397 bits per heavy atom. The number of carboxylic acid groups (broad SMARTS) is 3. The van der Waals surface area contributed by atoms with Gasteiger partial charge in [-0.2, -0.15) is 0 Å². The van der Waals surface area contributed by atoms with Crippen molar-refractivity contribution in [2.24, 2.45) is 5.84 Å². The highest BCUT2D eigenvalue weighted by Gasteiger charge is 2.21. The molecule has 366 valence electrons. The van der Waals surface area contributed by atoms with E-state index in [0.29, 0.717) is 97.8 Å². The molecular weight excluding hydrogens is 825 g/mol. The number of amides is 4. The number of nitrogens with two attached hydrogens (primary N) is 1. The summed E-state index contributed by atoms with van der Waals surface area (Å²) in [6.07, 6.45) is 18.3. The summed E-state index contributed by atoms with van der Waals surface area (Å²) in [7, 11) is 0. The Morgan fingerprint density at radius 3 is 1.25 bits per heavy atom. The first-order chi connectivity index (χ1) is 30.5. The van der Waals surface area contributed by atoms with Crippen LogP contribution in [-0.2, 0) is 52.5 Å². The van der Waals surface area contributed by atoms with Crippen LogP contribution in [0.25, 0.3) is 0 Å². The monoisotopic (exact) mass is 905 g/mol. The van der Waals surface area contributed by atoms with Crippen molar-refractivity contribution in [3.63, 3.8) is 0 Å². The van der Waals surface area contributed by atoms with Gasteiger partial charge in [-0.1, -0.05) is 77.0 Å². The maximum atomic E-state index is 12.3. The first kappa shape index (κ1) is 59.0. The molecule has 0 unspecified atom stereocenters. The molecule has 4 amide bonds. The summed E-state index contributed by atoms with van der Waals surface area (Å²) in [6, 6.07) is -1.95. The van der Waals surface area contributed by atoms with Gasteiger partial charge in [0.15, 0.2) is 0 Å². The average molecular weight is 905 g/mol. The first-order valence-corrected chi connectivity index (χ1v) is 23.0. The Labute approximate surface area is 373 Å². The van der Waals surface area contributed by atoms with Crippen LogP contribution in [0, 0.1) is 0 Å². The van der Waals surface area contributed by atoms with Crippen molar-refractivity contribution in [1.82, 2.24) is 26.7 Å². The molecule has 0 aromatic heterocycles. The largest absolute Gasteiger partial charge is 0.481 e. The fraction of sp³-hybridized carbons (Fsp3) is 0.837. The molecule has 0 aromatic carbocycles. The van der Waals surface area contributed by atoms with Crippen molar-refractivity contribution in [3.05, 3.63) is 0 Å². The van der Waals surface area contributed by atoms with E-state index < -0.39 is 30.0 Å². The van der Waals surface area contributed by atoms with Gasteiger partial charge in [0, 0.05) is 52.1 Å². The van der Waals surface area contributed by atoms with Crippen molar-refractivity contribution >= 4 is 41.5 Å². The molecule has 0 saturated carbocycles. The minimum Gasteiger partial charge on any atom is -0.481 e. The molecular formula is C43H80N6O14. The van der Waals surface area contributed by atoms with Gasteiger partial charge in [-0.15, -0.1) is 0 Å². The third-order valence-corrected chi connectivity index (χ3v) is 9.86. The van der Waals surface area contributed by atoms with Gasteiger partial charge in [-0.25, -0.2) is 10.2 Å². The molecule has 0 aliphatic rings. The van der Waals surface area contributed by atoms with Crippen LogP contribution in [0.5, 0.6) is 0 Å². The van der Waals surface area contributed by atoms with Gasteiger partial charge in [0.25, 0.3) is 0 Å². The minimum atomic E-state index is -1.16. The van der Waals surface area contributed by atoms with Crippen LogP contribution < -0.4 is 32.5 Å². The van der Waals surface area contributed by atoms with Crippen LogP contribution >= 0.6 is 0 Å². The number of hydrogen-bond donors (Lipinski definition) is 9. The molecule has 0 aliphatic carbocycles. The molecule has 0 fully saturated rings. The summed E-state index contributed by atoms with van der Waals surface area (Å²) < 4.78 is 21.6. The Bertz CT molecular complexity index is 1230. The maximum absolute atomic E-state index is 12.3. The predicted molar refractivity (Wildman–Crippen MR) is 234 cm³/mol. The van der Waals surface area contributed by atoms with E-state index in [0.717, 1.165) is 38.5 Å². The average Bonchev–Trinajstić information content (AvgIpc) is 3.24. The number of rotatable bonds is 47. The van der Waals surface area contributed by atoms with E-state index in [1.807, 2.05) is 0 Å². The highest BCUT2D eigenvalue weighted by molar-refractivity contribution is 5.84. The van der Waals surface area contributed by atoms with Gasteiger partial charge in [0.05, 0.1) is 26.4 Å². The van der Waals surface area contributed by atoms with E-state index >= 15 is 0 Å². The van der Waals surface area contributed by atoms with Crippen LogP contribution in [0.3, 0.4) is 0 Å². The van der Waals surface area contributed by atoms with Crippen molar-refractivity contribution in [3.8, 4) is 0 Å². The molecule has 0 spiro atoms. The van der Waals surface area contributed by atoms with Gasteiger partial charge in [-0.3, -0.25) is 34.6 Å². The van der Waals surface area contributed by atoms with Crippen LogP contribution in [0.2, 0.25) is 0 Å². The second-order valence-electron chi connectivity index (χ2n) is 15.5. The number of hydrazine groups is 1. The second-order valence-corrected chi connectivity index (χ2v) is 15.5. The number of carbonyl (C=O) groups excluding carboxylic acids is 4. The summed E-state index contributed by atoms with van der Waals surface area (Å²) in [6.45, 7) is 2.90. The van der Waals surface area contributed by atoms with E-state index in [4.69, 9.17) is 35.0 Å². The van der Waals surface area contributed by atoms with E-state index in [9.17, 15) is 38.7 Å². The summed E-state index contributed by atoms with van der Waals surface area (Å²) >= 11 is 0. The fourth-order valence-electron chi connectivity index (χ4n) is 6.23. The van der Waals surface area contributed by atoms with Crippen molar-refractivity contribution in [2.75, 3.05) is 72.5 Å². The van der Waals surface area contributed by atoms with E-state index in [1.165, 1.54) is 44.9 Å². The van der Waals surface area contributed by atoms with Crippen LogP contribution in [-0.4, -0.2) is 141 Å². The summed E-state index contributed by atoms with van der Waals surface area (Å²) in [5.41, 5.74) is 2.21. The molecule has 2 atom stereocenters. The van der Waals surface area contributed by atoms with Gasteiger partial charge in [-0.05, 0) is 51.4 Å². The summed E-state index contributed by atoms with van der Waals surface area (Å²) in [5.74, 6) is 0.921. The molecule has 0 rings (SSSR count). The van der Waals surface area contributed by atoms with Crippen LogP contribution in [0.1, 0.15) is 148 Å². The number of nitrogens with one attached hydrogen (secondary N) is 5. The van der Waals surface area contributed by atoms with Gasteiger partial charge in [0.1, 0.15) is 25.3 Å². The molecule has 0 radical (unpaired) electrons. The molecule has 0 bridgehead atoms. The maximum Gasteiger partial charge on any atom is 0.326 e. The van der Waals surface area contributed by atoms with Gasteiger partial charge in [0.2, 0.25) is 23.6 Å². The lowest BCUT2D eigenvalue weighted by atomic mass is 10.0.